The van der Waals surface area contributed by atoms with E-state index in [-0.39, 0.29) is 18.3 Å². The summed E-state index contributed by atoms with van der Waals surface area (Å²) >= 11 is 1.32. The van der Waals surface area contributed by atoms with Crippen molar-refractivity contribution in [2.45, 2.75) is 18.7 Å². The van der Waals surface area contributed by atoms with Gasteiger partial charge in [-0.15, -0.1) is 10.2 Å². The van der Waals surface area contributed by atoms with Gasteiger partial charge in [0.2, 0.25) is 5.91 Å². The highest BCUT2D eigenvalue weighted by Gasteiger charge is 2.14. The van der Waals surface area contributed by atoms with Crippen LogP contribution in [0.2, 0.25) is 0 Å². The summed E-state index contributed by atoms with van der Waals surface area (Å²) in [6.45, 7) is 2.25. The van der Waals surface area contributed by atoms with Crippen molar-refractivity contribution in [1.82, 2.24) is 14.8 Å². The number of nitrogens with one attached hydrogen (secondary N) is 1. The van der Waals surface area contributed by atoms with Crippen LogP contribution in [0.5, 0.6) is 11.5 Å². The van der Waals surface area contributed by atoms with Crippen LogP contribution in [-0.2, 0) is 18.4 Å². The molecule has 0 fully saturated rings. The molecule has 0 spiro atoms. The van der Waals surface area contributed by atoms with Gasteiger partial charge in [-0.3, -0.25) is 4.79 Å². The fraction of sp³-hybridized carbons (Fsp3) is 0.208. The summed E-state index contributed by atoms with van der Waals surface area (Å²) in [6, 6.07) is 19.7. The van der Waals surface area contributed by atoms with Crippen molar-refractivity contribution < 1.29 is 14.3 Å². The molecule has 0 saturated carbocycles. The molecule has 0 atom stereocenters. The molecule has 32 heavy (non-hydrogen) atoms. The predicted molar refractivity (Wildman–Crippen MR) is 126 cm³/mol. The molecule has 3 aromatic carbocycles. The van der Waals surface area contributed by atoms with Crippen molar-refractivity contribution in [3.8, 4) is 11.5 Å². The number of fused-ring (bicyclic) bond motifs is 1. The largest absolute Gasteiger partial charge is 0.495 e. The highest BCUT2D eigenvalue weighted by Crippen LogP contribution is 2.27. The lowest BCUT2D eigenvalue weighted by Gasteiger charge is -2.11. The highest BCUT2D eigenvalue weighted by atomic mass is 32.2. The van der Waals surface area contributed by atoms with E-state index in [4.69, 9.17) is 9.47 Å². The second-order valence-electron chi connectivity index (χ2n) is 7.26. The number of ether oxygens (including phenoxy) is 2. The van der Waals surface area contributed by atoms with E-state index in [1.54, 1.807) is 7.11 Å². The molecule has 1 amide bonds. The minimum Gasteiger partial charge on any atom is -0.495 e. The van der Waals surface area contributed by atoms with Crippen LogP contribution in [0.4, 0.5) is 5.69 Å². The zero-order valence-corrected chi connectivity index (χ0v) is 19.0. The minimum absolute atomic E-state index is 0.143. The zero-order valence-electron chi connectivity index (χ0n) is 18.2. The predicted octanol–water partition coefficient (Wildman–Crippen LogP) is 4.60. The van der Waals surface area contributed by atoms with Gasteiger partial charge in [-0.1, -0.05) is 54.2 Å². The maximum atomic E-state index is 12.4. The van der Waals surface area contributed by atoms with E-state index in [0.29, 0.717) is 22.4 Å². The second-order valence-corrected chi connectivity index (χ2v) is 8.21. The Morgan fingerprint density at radius 2 is 1.88 bits per heavy atom. The first kappa shape index (κ1) is 21.7. The lowest BCUT2D eigenvalue weighted by atomic mass is 10.1. The molecular formula is C24H24N4O3S. The van der Waals surface area contributed by atoms with Crippen LogP contribution in [0, 0.1) is 6.92 Å². The molecule has 8 heteroatoms. The summed E-state index contributed by atoms with van der Waals surface area (Å²) in [4.78, 5) is 12.4. The number of carbonyl (C=O) groups excluding carboxylic acids is 1. The summed E-state index contributed by atoms with van der Waals surface area (Å²) in [6.07, 6.45) is 0. The summed E-state index contributed by atoms with van der Waals surface area (Å²) in [5, 5.41) is 14.1. The van der Waals surface area contributed by atoms with Gasteiger partial charge in [0.05, 0.1) is 18.6 Å². The summed E-state index contributed by atoms with van der Waals surface area (Å²) < 4.78 is 13.2. The van der Waals surface area contributed by atoms with Gasteiger partial charge < -0.3 is 19.4 Å². The van der Waals surface area contributed by atoms with Crippen LogP contribution in [-0.4, -0.2) is 33.5 Å². The Morgan fingerprint density at radius 3 is 2.72 bits per heavy atom. The Morgan fingerprint density at radius 1 is 1.06 bits per heavy atom. The van der Waals surface area contributed by atoms with Crippen molar-refractivity contribution in [2.75, 3.05) is 18.2 Å². The van der Waals surface area contributed by atoms with Gasteiger partial charge in [0, 0.05) is 12.4 Å². The maximum absolute atomic E-state index is 12.4. The number of aryl methyl sites for hydroxylation is 1. The fourth-order valence-corrected chi connectivity index (χ4v) is 4.03. The van der Waals surface area contributed by atoms with Gasteiger partial charge >= 0.3 is 0 Å². The third-order valence-electron chi connectivity index (χ3n) is 4.99. The normalized spacial score (nSPS) is 10.8. The summed E-state index contributed by atoms with van der Waals surface area (Å²) in [7, 11) is 3.45. The lowest BCUT2D eigenvalue weighted by molar-refractivity contribution is -0.113. The van der Waals surface area contributed by atoms with Crippen molar-refractivity contribution in [1.29, 1.82) is 0 Å². The number of amides is 1. The number of anilines is 1. The van der Waals surface area contributed by atoms with Crippen molar-refractivity contribution in [3.63, 3.8) is 0 Å². The van der Waals surface area contributed by atoms with Gasteiger partial charge in [-0.25, -0.2) is 0 Å². The quantitative estimate of drug-likeness (QED) is 0.397. The number of benzene rings is 3. The zero-order chi connectivity index (χ0) is 22.5. The van der Waals surface area contributed by atoms with E-state index in [0.717, 1.165) is 22.1 Å². The number of aromatic nitrogens is 3. The molecule has 0 unspecified atom stereocenters. The maximum Gasteiger partial charge on any atom is 0.234 e. The topological polar surface area (TPSA) is 78.3 Å². The van der Waals surface area contributed by atoms with Crippen LogP contribution < -0.4 is 14.8 Å². The molecule has 0 radical (unpaired) electrons. The highest BCUT2D eigenvalue weighted by molar-refractivity contribution is 7.99. The number of hydrogen-bond donors (Lipinski definition) is 1. The first-order chi connectivity index (χ1) is 15.5. The molecule has 0 saturated heterocycles. The van der Waals surface area contributed by atoms with Gasteiger partial charge in [-0.2, -0.15) is 0 Å². The molecule has 0 aliphatic rings. The third kappa shape index (κ3) is 4.86. The van der Waals surface area contributed by atoms with Gasteiger partial charge in [0.25, 0.3) is 0 Å². The number of carbonyl (C=O) groups is 1. The summed E-state index contributed by atoms with van der Waals surface area (Å²) in [5.74, 6) is 2.16. The molecule has 0 aliphatic heterocycles. The van der Waals surface area contributed by atoms with Crippen LogP contribution >= 0.6 is 11.8 Å². The van der Waals surface area contributed by atoms with E-state index < -0.39 is 0 Å². The van der Waals surface area contributed by atoms with E-state index in [1.807, 2.05) is 67.1 Å². The molecule has 0 aliphatic carbocycles. The smallest absolute Gasteiger partial charge is 0.234 e. The SMILES string of the molecule is COc1ccc(C)cc1NC(=O)CSc1nnc(COc2cccc3ccccc23)n1C. The average molecular weight is 449 g/mol. The Kier molecular flexibility index (Phi) is 6.61. The number of thioether (sulfide) groups is 1. The monoisotopic (exact) mass is 448 g/mol. The van der Waals surface area contributed by atoms with Crippen LogP contribution in [0.3, 0.4) is 0 Å². The van der Waals surface area contributed by atoms with E-state index in [1.165, 1.54) is 11.8 Å². The number of nitrogens with zero attached hydrogens (tertiary/aromatic N) is 3. The molecule has 1 aromatic heterocycles. The molecule has 164 valence electrons. The van der Waals surface area contributed by atoms with Gasteiger partial charge in [-0.05, 0) is 36.1 Å². The van der Waals surface area contributed by atoms with Gasteiger partial charge in [0.15, 0.2) is 11.0 Å². The minimum atomic E-state index is -0.143. The fourth-order valence-electron chi connectivity index (χ4n) is 3.30. The van der Waals surface area contributed by atoms with Gasteiger partial charge in [0.1, 0.15) is 18.1 Å². The molecule has 0 bridgehead atoms. The number of rotatable bonds is 8. The lowest BCUT2D eigenvalue weighted by Crippen LogP contribution is -2.15. The first-order valence-electron chi connectivity index (χ1n) is 10.1. The third-order valence-corrected chi connectivity index (χ3v) is 6.01. The van der Waals surface area contributed by atoms with Crippen molar-refractivity contribution in [2.24, 2.45) is 7.05 Å². The second kappa shape index (κ2) is 9.74. The van der Waals surface area contributed by atoms with E-state index >= 15 is 0 Å². The van der Waals surface area contributed by atoms with Crippen molar-refractivity contribution in [3.05, 3.63) is 72.1 Å². The number of hydrogen-bond acceptors (Lipinski definition) is 6. The van der Waals surface area contributed by atoms with Crippen LogP contribution in [0.15, 0.2) is 65.8 Å². The molecule has 1 N–H and O–H groups in total. The number of methoxy groups -OCH3 is 1. The average Bonchev–Trinajstić information content (AvgIpc) is 3.15. The van der Waals surface area contributed by atoms with Crippen LogP contribution in [0.25, 0.3) is 10.8 Å². The Bertz CT molecular complexity index is 1250. The Labute approximate surface area is 190 Å². The molecular weight excluding hydrogens is 424 g/mol. The Hall–Kier alpha value is -3.52. The molecule has 4 rings (SSSR count). The molecule has 1 heterocycles. The van der Waals surface area contributed by atoms with Crippen LogP contribution in [0.1, 0.15) is 11.4 Å². The molecule has 7 nitrogen and oxygen atoms in total. The Balaban J connectivity index is 1.37. The van der Waals surface area contributed by atoms with E-state index in [9.17, 15) is 4.79 Å². The van der Waals surface area contributed by atoms with Crippen molar-refractivity contribution >= 4 is 34.1 Å². The van der Waals surface area contributed by atoms with E-state index in [2.05, 4.69) is 27.6 Å². The summed E-state index contributed by atoms with van der Waals surface area (Å²) in [5.41, 5.74) is 1.69. The standard InChI is InChI=1S/C24H24N4O3S/c1-16-11-12-21(30-3)19(13-16)25-23(29)15-32-24-27-26-22(28(24)2)14-31-20-10-6-8-17-7-4-5-9-18(17)20/h4-13H,14-15H2,1-3H3,(H,25,29). The first-order valence-corrected chi connectivity index (χ1v) is 11.1. The molecule has 4 aromatic rings.